The van der Waals surface area contributed by atoms with Crippen molar-refractivity contribution in [1.29, 1.82) is 0 Å². The average molecular weight is 271 g/mol. The van der Waals surface area contributed by atoms with E-state index in [4.69, 9.17) is 5.11 Å². The highest BCUT2D eigenvalue weighted by molar-refractivity contribution is 5.95. The van der Waals surface area contributed by atoms with Gasteiger partial charge >= 0.3 is 12.0 Å². The second-order valence-corrected chi connectivity index (χ2v) is 4.11. The van der Waals surface area contributed by atoms with Crippen molar-refractivity contribution in [1.82, 2.24) is 15.5 Å². The number of imide groups is 1. The van der Waals surface area contributed by atoms with Crippen molar-refractivity contribution in [2.75, 3.05) is 26.2 Å². The molecule has 0 spiro atoms. The molecule has 7 heteroatoms. The molecule has 108 valence electrons. The lowest BCUT2D eigenvalue weighted by Crippen LogP contribution is -2.45. The topological polar surface area (TPSA) is 98.7 Å². The number of hydrogen-bond donors (Lipinski definition) is 3. The number of rotatable bonds is 8. The summed E-state index contributed by atoms with van der Waals surface area (Å²) in [6, 6.07) is -0.591. The van der Waals surface area contributed by atoms with Crippen molar-refractivity contribution < 1.29 is 19.5 Å². The SMILES string of the molecule is C=CCNC(=O)NC(=O)CN(CC)CC(C)C(=O)O. The Morgan fingerprint density at radius 1 is 1.42 bits per heavy atom. The van der Waals surface area contributed by atoms with E-state index in [1.165, 1.54) is 6.08 Å². The highest BCUT2D eigenvalue weighted by Crippen LogP contribution is 1.99. The van der Waals surface area contributed by atoms with Crippen molar-refractivity contribution in [3.63, 3.8) is 0 Å². The molecule has 0 aliphatic carbocycles. The predicted molar refractivity (Wildman–Crippen MR) is 70.7 cm³/mol. The van der Waals surface area contributed by atoms with E-state index in [-0.39, 0.29) is 19.6 Å². The highest BCUT2D eigenvalue weighted by Gasteiger charge is 2.17. The van der Waals surface area contributed by atoms with Crippen LogP contribution in [0.1, 0.15) is 13.8 Å². The van der Waals surface area contributed by atoms with E-state index < -0.39 is 23.8 Å². The van der Waals surface area contributed by atoms with Gasteiger partial charge in [-0.05, 0) is 6.54 Å². The number of nitrogens with zero attached hydrogens (tertiary/aromatic N) is 1. The zero-order valence-electron chi connectivity index (χ0n) is 11.3. The van der Waals surface area contributed by atoms with Crippen molar-refractivity contribution in [2.45, 2.75) is 13.8 Å². The number of hydrogen-bond acceptors (Lipinski definition) is 4. The summed E-state index contributed by atoms with van der Waals surface area (Å²) in [5, 5.41) is 13.4. The summed E-state index contributed by atoms with van der Waals surface area (Å²) < 4.78 is 0. The van der Waals surface area contributed by atoms with Crippen LogP contribution in [-0.2, 0) is 9.59 Å². The molecule has 0 aromatic carbocycles. The van der Waals surface area contributed by atoms with Crippen LogP contribution in [0.25, 0.3) is 0 Å². The molecular formula is C12H21N3O4. The van der Waals surface area contributed by atoms with Gasteiger partial charge < -0.3 is 10.4 Å². The van der Waals surface area contributed by atoms with Gasteiger partial charge in [0, 0.05) is 13.1 Å². The molecule has 0 saturated heterocycles. The van der Waals surface area contributed by atoms with Crippen molar-refractivity contribution in [3.8, 4) is 0 Å². The fourth-order valence-electron chi connectivity index (χ4n) is 1.35. The number of amides is 3. The van der Waals surface area contributed by atoms with Gasteiger partial charge in [-0.1, -0.05) is 19.9 Å². The summed E-state index contributed by atoms with van der Waals surface area (Å²) in [6.07, 6.45) is 1.50. The van der Waals surface area contributed by atoms with E-state index in [1.807, 2.05) is 6.92 Å². The molecule has 19 heavy (non-hydrogen) atoms. The lowest BCUT2D eigenvalue weighted by molar-refractivity contribution is -0.142. The van der Waals surface area contributed by atoms with Crippen LogP contribution in [0.15, 0.2) is 12.7 Å². The smallest absolute Gasteiger partial charge is 0.321 e. The fourth-order valence-corrected chi connectivity index (χ4v) is 1.35. The van der Waals surface area contributed by atoms with Crippen LogP contribution in [0.5, 0.6) is 0 Å². The van der Waals surface area contributed by atoms with E-state index in [0.717, 1.165) is 0 Å². The molecular weight excluding hydrogens is 250 g/mol. The van der Waals surface area contributed by atoms with Gasteiger partial charge in [-0.3, -0.25) is 19.8 Å². The maximum Gasteiger partial charge on any atom is 0.321 e. The maximum absolute atomic E-state index is 11.6. The zero-order valence-corrected chi connectivity index (χ0v) is 11.3. The molecule has 7 nitrogen and oxygen atoms in total. The van der Waals surface area contributed by atoms with Crippen LogP contribution in [-0.4, -0.2) is 54.1 Å². The first-order valence-electron chi connectivity index (χ1n) is 6.04. The van der Waals surface area contributed by atoms with Crippen molar-refractivity contribution in [2.24, 2.45) is 5.92 Å². The fraction of sp³-hybridized carbons (Fsp3) is 0.583. The number of carboxylic acid groups (broad SMARTS) is 1. The molecule has 0 aliphatic heterocycles. The molecule has 0 aromatic rings. The molecule has 0 aromatic heterocycles. The van der Waals surface area contributed by atoms with Crippen LogP contribution in [0, 0.1) is 5.92 Å². The van der Waals surface area contributed by atoms with Gasteiger partial charge in [0.15, 0.2) is 0 Å². The van der Waals surface area contributed by atoms with Gasteiger partial charge in [0.25, 0.3) is 0 Å². The second kappa shape index (κ2) is 9.09. The number of carboxylic acids is 1. The molecule has 0 rings (SSSR count). The minimum Gasteiger partial charge on any atom is -0.481 e. The third-order valence-corrected chi connectivity index (χ3v) is 2.43. The monoisotopic (exact) mass is 271 g/mol. The van der Waals surface area contributed by atoms with Crippen LogP contribution in [0.3, 0.4) is 0 Å². The van der Waals surface area contributed by atoms with Crippen LogP contribution < -0.4 is 10.6 Å². The number of urea groups is 1. The quantitative estimate of drug-likeness (QED) is 0.541. The Kier molecular flexibility index (Phi) is 8.19. The lowest BCUT2D eigenvalue weighted by atomic mass is 10.1. The first-order valence-corrected chi connectivity index (χ1v) is 6.04. The van der Waals surface area contributed by atoms with Crippen molar-refractivity contribution in [3.05, 3.63) is 12.7 Å². The van der Waals surface area contributed by atoms with Gasteiger partial charge in [0.2, 0.25) is 5.91 Å². The Morgan fingerprint density at radius 2 is 2.05 bits per heavy atom. The highest BCUT2D eigenvalue weighted by atomic mass is 16.4. The second-order valence-electron chi connectivity index (χ2n) is 4.11. The molecule has 3 amide bonds. The van der Waals surface area contributed by atoms with Gasteiger partial charge in [0.05, 0.1) is 12.5 Å². The van der Waals surface area contributed by atoms with Crippen molar-refractivity contribution >= 4 is 17.9 Å². The predicted octanol–water partition coefficient (Wildman–Crippen LogP) is 0.0408. The number of carbonyl (C=O) groups is 3. The number of carbonyl (C=O) groups excluding carboxylic acids is 2. The minimum absolute atomic E-state index is 0.0182. The molecule has 0 radical (unpaired) electrons. The third kappa shape index (κ3) is 7.93. The van der Waals surface area contributed by atoms with Gasteiger partial charge in [-0.2, -0.15) is 0 Å². The van der Waals surface area contributed by atoms with Crippen LogP contribution in [0.4, 0.5) is 4.79 Å². The maximum atomic E-state index is 11.6. The van der Waals surface area contributed by atoms with Gasteiger partial charge in [-0.25, -0.2) is 4.79 Å². The minimum atomic E-state index is -0.914. The van der Waals surface area contributed by atoms with Crippen LogP contribution >= 0.6 is 0 Å². The summed E-state index contributed by atoms with van der Waals surface area (Å²) in [7, 11) is 0. The Balaban J connectivity index is 4.16. The molecule has 1 unspecified atom stereocenters. The third-order valence-electron chi connectivity index (χ3n) is 2.43. The Labute approximate surface area is 112 Å². The molecule has 0 fully saturated rings. The van der Waals surface area contributed by atoms with E-state index in [1.54, 1.807) is 11.8 Å². The molecule has 0 heterocycles. The summed E-state index contributed by atoms with van der Waals surface area (Å²) in [6.45, 7) is 7.86. The summed E-state index contributed by atoms with van der Waals surface area (Å²) in [4.78, 5) is 35.2. The molecule has 1 atom stereocenters. The Bertz CT molecular complexity index is 344. The van der Waals surface area contributed by atoms with E-state index in [0.29, 0.717) is 6.54 Å². The lowest BCUT2D eigenvalue weighted by Gasteiger charge is -2.21. The zero-order chi connectivity index (χ0) is 14.8. The number of aliphatic carboxylic acids is 1. The van der Waals surface area contributed by atoms with E-state index in [9.17, 15) is 14.4 Å². The molecule has 3 N–H and O–H groups in total. The number of likely N-dealkylation sites (N-methyl/N-ethyl adjacent to an activating group) is 1. The summed E-state index contributed by atoms with van der Waals surface area (Å²) in [5.74, 6) is -1.95. The summed E-state index contributed by atoms with van der Waals surface area (Å²) >= 11 is 0. The van der Waals surface area contributed by atoms with E-state index >= 15 is 0 Å². The average Bonchev–Trinajstić information content (AvgIpc) is 2.34. The molecule has 0 bridgehead atoms. The first-order chi connectivity index (χ1) is 8.90. The summed E-state index contributed by atoms with van der Waals surface area (Å²) in [5.41, 5.74) is 0. The van der Waals surface area contributed by atoms with Gasteiger partial charge in [0.1, 0.15) is 0 Å². The standard InChI is InChI=1S/C12H21N3O4/c1-4-6-13-12(19)14-10(16)8-15(5-2)7-9(3)11(17)18/h4,9H,1,5-8H2,2-3H3,(H,17,18)(H2,13,14,16,19). The van der Waals surface area contributed by atoms with Crippen LogP contribution in [0.2, 0.25) is 0 Å². The molecule has 0 aliphatic rings. The molecule has 0 saturated carbocycles. The number of nitrogens with one attached hydrogen (secondary N) is 2. The van der Waals surface area contributed by atoms with Gasteiger partial charge in [-0.15, -0.1) is 6.58 Å². The normalized spacial score (nSPS) is 11.7. The Hall–Kier alpha value is -1.89. The van der Waals surface area contributed by atoms with E-state index in [2.05, 4.69) is 17.2 Å². The largest absolute Gasteiger partial charge is 0.481 e. The first kappa shape index (κ1) is 17.1. The Morgan fingerprint density at radius 3 is 2.53 bits per heavy atom.